The van der Waals surface area contributed by atoms with E-state index < -0.39 is 10.0 Å². The number of nitrogens with zero attached hydrogens (tertiary/aromatic N) is 1. The van der Waals surface area contributed by atoms with E-state index >= 15 is 0 Å². The van der Waals surface area contributed by atoms with Crippen molar-refractivity contribution < 1.29 is 13.2 Å². The van der Waals surface area contributed by atoms with Gasteiger partial charge in [-0.25, -0.2) is 13.4 Å². The molecular weight excluding hydrogens is 348 g/mol. The van der Waals surface area contributed by atoms with E-state index in [4.69, 9.17) is 4.74 Å². The van der Waals surface area contributed by atoms with E-state index in [1.165, 1.54) is 0 Å². The van der Waals surface area contributed by atoms with Gasteiger partial charge in [-0.05, 0) is 48.6 Å². The molecule has 1 heterocycles. The van der Waals surface area contributed by atoms with Crippen LogP contribution in [0.5, 0.6) is 11.5 Å². The fourth-order valence-electron chi connectivity index (χ4n) is 2.52. The van der Waals surface area contributed by atoms with E-state index in [2.05, 4.69) is 9.71 Å². The molecule has 136 valence electrons. The lowest BCUT2D eigenvalue weighted by Crippen LogP contribution is -2.16. The van der Waals surface area contributed by atoms with Crippen molar-refractivity contribution in [3.63, 3.8) is 0 Å². The van der Waals surface area contributed by atoms with Crippen LogP contribution in [0.25, 0.3) is 0 Å². The Morgan fingerprint density at radius 1 is 1.15 bits per heavy atom. The van der Waals surface area contributed by atoms with Crippen LogP contribution in [0.15, 0.2) is 65.7 Å². The summed E-state index contributed by atoms with van der Waals surface area (Å²) < 4.78 is 33.8. The summed E-state index contributed by atoms with van der Waals surface area (Å²) in [7, 11) is -3.70. The van der Waals surface area contributed by atoms with Gasteiger partial charge in [0.15, 0.2) is 11.6 Å². The Morgan fingerprint density at radius 3 is 2.58 bits per heavy atom. The van der Waals surface area contributed by atoms with Crippen LogP contribution in [0.1, 0.15) is 38.2 Å². The zero-order valence-electron chi connectivity index (χ0n) is 14.8. The average molecular weight is 370 g/mol. The third kappa shape index (κ3) is 4.32. The Hall–Kier alpha value is -2.60. The molecule has 0 spiro atoms. The van der Waals surface area contributed by atoms with Crippen LogP contribution in [-0.2, 0) is 10.0 Å². The third-order valence-electron chi connectivity index (χ3n) is 4.01. The molecule has 1 N–H and O–H groups in total. The molecule has 0 saturated carbocycles. The van der Waals surface area contributed by atoms with Gasteiger partial charge in [0.1, 0.15) is 5.75 Å². The van der Waals surface area contributed by atoms with Crippen molar-refractivity contribution in [2.24, 2.45) is 0 Å². The maximum Gasteiger partial charge on any atom is 0.262 e. The zero-order chi connectivity index (χ0) is 18.6. The van der Waals surface area contributed by atoms with Crippen LogP contribution in [0.4, 0.5) is 5.82 Å². The zero-order valence-corrected chi connectivity index (χ0v) is 15.7. The molecule has 0 bridgehead atoms. The molecule has 3 rings (SSSR count). The van der Waals surface area contributed by atoms with Gasteiger partial charge in [-0.1, -0.05) is 44.2 Å². The molecule has 5 nitrogen and oxygen atoms in total. The van der Waals surface area contributed by atoms with Crippen molar-refractivity contribution >= 4 is 15.8 Å². The normalized spacial score (nSPS) is 14.2. The van der Waals surface area contributed by atoms with Crippen molar-refractivity contribution in [1.29, 1.82) is 0 Å². The van der Waals surface area contributed by atoms with Crippen LogP contribution in [0.2, 0.25) is 0 Å². The Kier molecular flexibility index (Phi) is 5.42. The number of rotatable bonds is 6. The summed E-state index contributed by atoms with van der Waals surface area (Å²) in [5.41, 5.74) is 0.968. The molecule has 0 radical (unpaired) electrons. The number of benzene rings is 1. The van der Waals surface area contributed by atoms with Gasteiger partial charge in [0.05, 0.1) is 4.91 Å². The van der Waals surface area contributed by atoms with E-state index in [9.17, 15) is 8.42 Å². The van der Waals surface area contributed by atoms with Crippen molar-refractivity contribution in [2.75, 3.05) is 4.72 Å². The number of anilines is 1. The maximum absolute atomic E-state index is 12.7. The molecule has 1 aliphatic rings. The molecule has 26 heavy (non-hydrogen) atoms. The molecule has 0 atom stereocenters. The fourth-order valence-corrected chi connectivity index (χ4v) is 3.66. The average Bonchev–Trinajstić information content (AvgIpc) is 2.64. The minimum absolute atomic E-state index is 0.179. The summed E-state index contributed by atoms with van der Waals surface area (Å²) in [6, 6.07) is 11.1. The van der Waals surface area contributed by atoms with Crippen LogP contribution in [-0.4, -0.2) is 13.4 Å². The first-order valence-electron chi connectivity index (χ1n) is 8.58. The first-order valence-corrected chi connectivity index (χ1v) is 10.1. The van der Waals surface area contributed by atoms with E-state index in [1.807, 2.05) is 56.3 Å². The molecule has 2 aromatic rings. The smallest absolute Gasteiger partial charge is 0.262 e. The fraction of sp³-hybridized carbons (Fsp3) is 0.250. The predicted octanol–water partition coefficient (Wildman–Crippen LogP) is 4.97. The Morgan fingerprint density at radius 2 is 1.92 bits per heavy atom. The molecular formula is C20H22N2O3S. The summed E-state index contributed by atoms with van der Waals surface area (Å²) in [6.45, 7) is 4.09. The van der Waals surface area contributed by atoms with Gasteiger partial charge in [0.25, 0.3) is 10.0 Å². The lowest BCUT2D eigenvalue weighted by molar-refractivity contribution is 0.481. The van der Waals surface area contributed by atoms with E-state index in [0.29, 0.717) is 17.9 Å². The summed E-state index contributed by atoms with van der Waals surface area (Å²) in [4.78, 5) is 4.56. The highest BCUT2D eigenvalue weighted by molar-refractivity contribution is 7.96. The van der Waals surface area contributed by atoms with Crippen LogP contribution in [0.3, 0.4) is 0 Å². The molecule has 6 heteroatoms. The summed E-state index contributed by atoms with van der Waals surface area (Å²) in [5.74, 6) is 1.42. The number of allylic oxidation sites excluding steroid dienone is 3. The second-order valence-corrected chi connectivity index (χ2v) is 8.06. The first kappa shape index (κ1) is 18.2. The highest BCUT2D eigenvalue weighted by Gasteiger charge is 2.20. The molecule has 1 aliphatic carbocycles. The molecule has 1 aromatic heterocycles. The number of hydrogen-bond donors (Lipinski definition) is 1. The SMILES string of the molecule is CC(C)c1cnc(NS(=O)(=O)C2=CCCC=C2)c(Oc2ccccc2)c1. The van der Waals surface area contributed by atoms with Gasteiger partial charge in [0, 0.05) is 6.20 Å². The second-order valence-electron chi connectivity index (χ2n) is 6.38. The molecule has 1 aromatic carbocycles. The highest BCUT2D eigenvalue weighted by atomic mass is 32.2. The second kappa shape index (κ2) is 7.74. The number of sulfonamides is 1. The first-order chi connectivity index (χ1) is 12.5. The molecule has 0 unspecified atom stereocenters. The molecule has 0 saturated heterocycles. The highest BCUT2D eigenvalue weighted by Crippen LogP contribution is 2.32. The summed E-state index contributed by atoms with van der Waals surface area (Å²) in [6.07, 6.45) is 8.41. The third-order valence-corrected chi connectivity index (χ3v) is 5.40. The molecule has 0 amide bonds. The lowest BCUT2D eigenvalue weighted by Gasteiger charge is -2.16. The number of pyridine rings is 1. The van der Waals surface area contributed by atoms with Crippen molar-refractivity contribution in [1.82, 2.24) is 4.98 Å². The minimum Gasteiger partial charge on any atom is -0.453 e. The number of ether oxygens (including phenoxy) is 1. The monoisotopic (exact) mass is 370 g/mol. The molecule has 0 fully saturated rings. The molecule has 0 aliphatic heterocycles. The Labute approximate surface area is 154 Å². The number of aromatic nitrogens is 1. The number of hydrogen-bond acceptors (Lipinski definition) is 4. The van der Waals surface area contributed by atoms with Crippen LogP contribution < -0.4 is 9.46 Å². The van der Waals surface area contributed by atoms with Crippen LogP contribution >= 0.6 is 0 Å². The maximum atomic E-state index is 12.7. The van der Waals surface area contributed by atoms with Crippen molar-refractivity contribution in [2.45, 2.75) is 32.6 Å². The Balaban J connectivity index is 1.95. The van der Waals surface area contributed by atoms with E-state index in [0.717, 1.165) is 12.0 Å². The van der Waals surface area contributed by atoms with Crippen LogP contribution in [0, 0.1) is 0 Å². The topological polar surface area (TPSA) is 68.3 Å². The Bertz CT molecular complexity index is 933. The van der Waals surface area contributed by atoms with Gasteiger partial charge < -0.3 is 4.74 Å². The number of nitrogens with one attached hydrogen (secondary N) is 1. The van der Waals surface area contributed by atoms with E-state index in [-0.39, 0.29) is 16.6 Å². The van der Waals surface area contributed by atoms with Gasteiger partial charge in [-0.2, -0.15) is 0 Å². The summed E-state index contributed by atoms with van der Waals surface area (Å²) >= 11 is 0. The van der Waals surface area contributed by atoms with Gasteiger partial charge in [0.2, 0.25) is 0 Å². The lowest BCUT2D eigenvalue weighted by atomic mass is 10.1. The summed E-state index contributed by atoms with van der Waals surface area (Å²) in [5, 5.41) is 0. The van der Waals surface area contributed by atoms with Crippen molar-refractivity contribution in [3.05, 3.63) is 71.3 Å². The van der Waals surface area contributed by atoms with Gasteiger partial charge in [-0.15, -0.1) is 0 Å². The predicted molar refractivity (Wildman–Crippen MR) is 104 cm³/mol. The minimum atomic E-state index is -3.70. The standard InChI is InChI=1S/C20H22N2O3S/c1-15(2)16-13-19(25-17-9-5-3-6-10-17)20(21-14-16)22-26(23,24)18-11-7-4-8-12-18/h3,5-7,9-15H,4,8H2,1-2H3,(H,21,22). The van der Waals surface area contributed by atoms with Gasteiger partial charge in [-0.3, -0.25) is 4.72 Å². The van der Waals surface area contributed by atoms with E-state index in [1.54, 1.807) is 18.3 Å². The largest absolute Gasteiger partial charge is 0.453 e. The number of para-hydroxylation sites is 1. The van der Waals surface area contributed by atoms with Gasteiger partial charge >= 0.3 is 0 Å². The van der Waals surface area contributed by atoms with Crippen molar-refractivity contribution in [3.8, 4) is 11.5 Å². The quantitative estimate of drug-likeness (QED) is 0.779.